The number of likely N-dealkylation sites (N-methyl/N-ethyl adjacent to an activating group) is 1. The van der Waals surface area contributed by atoms with E-state index in [-0.39, 0.29) is 36.9 Å². The Hall–Kier alpha value is -2.66. The summed E-state index contributed by atoms with van der Waals surface area (Å²) in [5.41, 5.74) is 6.54. The van der Waals surface area contributed by atoms with Crippen LogP contribution in [0.25, 0.3) is 0 Å². The van der Waals surface area contributed by atoms with Crippen molar-refractivity contribution < 1.29 is 14.5 Å². The number of quaternary nitrogens is 1. The second kappa shape index (κ2) is 11.1. The third-order valence-corrected chi connectivity index (χ3v) is 5.60. The van der Waals surface area contributed by atoms with Gasteiger partial charge in [-0.2, -0.15) is 0 Å². The Morgan fingerprint density at radius 2 is 1.48 bits per heavy atom. The number of anilines is 1. The summed E-state index contributed by atoms with van der Waals surface area (Å²) in [6.07, 6.45) is 0.997. The predicted molar refractivity (Wildman–Crippen MR) is 127 cm³/mol. The van der Waals surface area contributed by atoms with Crippen LogP contribution in [-0.2, 0) is 16.0 Å². The number of carbonyl (C=O) groups is 2. The van der Waals surface area contributed by atoms with Crippen LogP contribution in [0.1, 0.15) is 54.6 Å². The van der Waals surface area contributed by atoms with Gasteiger partial charge in [-0.25, -0.2) is 0 Å². The average Bonchev–Trinajstić information content (AvgIpc) is 2.68. The molecule has 3 N–H and O–H groups in total. The van der Waals surface area contributed by atoms with E-state index < -0.39 is 0 Å². The third kappa shape index (κ3) is 7.21. The minimum Gasteiger partial charge on any atom is -0.344 e. The van der Waals surface area contributed by atoms with Crippen molar-refractivity contribution in [2.24, 2.45) is 5.92 Å². The van der Waals surface area contributed by atoms with E-state index in [9.17, 15) is 9.59 Å². The van der Waals surface area contributed by atoms with Crippen LogP contribution >= 0.6 is 0 Å². The van der Waals surface area contributed by atoms with E-state index in [2.05, 4.69) is 67.8 Å². The van der Waals surface area contributed by atoms with Crippen molar-refractivity contribution in [3.63, 3.8) is 0 Å². The molecular weight excluding hydrogens is 386 g/mol. The van der Waals surface area contributed by atoms with Crippen molar-refractivity contribution in [1.82, 2.24) is 5.32 Å². The molecule has 2 atom stereocenters. The lowest BCUT2D eigenvalue weighted by molar-refractivity contribution is -0.862. The lowest BCUT2D eigenvalue weighted by atomic mass is 9.95. The highest BCUT2D eigenvalue weighted by Crippen LogP contribution is 2.22. The van der Waals surface area contributed by atoms with Crippen molar-refractivity contribution >= 4 is 17.5 Å². The van der Waals surface area contributed by atoms with E-state index in [0.717, 1.165) is 33.7 Å². The topological polar surface area (TPSA) is 62.6 Å². The number of hydrogen-bond acceptors (Lipinski definition) is 2. The van der Waals surface area contributed by atoms with E-state index in [1.807, 2.05) is 27.8 Å². The van der Waals surface area contributed by atoms with E-state index in [4.69, 9.17) is 0 Å². The first-order chi connectivity index (χ1) is 14.6. The molecule has 31 heavy (non-hydrogen) atoms. The minimum absolute atomic E-state index is 0.0436. The molecule has 2 aromatic carbocycles. The van der Waals surface area contributed by atoms with Gasteiger partial charge >= 0.3 is 0 Å². The summed E-state index contributed by atoms with van der Waals surface area (Å²) in [6.45, 7) is 12.9. The minimum atomic E-state index is -0.0871. The van der Waals surface area contributed by atoms with Crippen LogP contribution in [0.2, 0.25) is 0 Å². The second-order valence-corrected chi connectivity index (χ2v) is 9.02. The van der Waals surface area contributed by atoms with Gasteiger partial charge in [-0.15, -0.1) is 0 Å². The van der Waals surface area contributed by atoms with Crippen LogP contribution in [0, 0.1) is 26.7 Å². The second-order valence-electron chi connectivity index (χ2n) is 9.02. The van der Waals surface area contributed by atoms with E-state index in [0.29, 0.717) is 0 Å². The SMILES string of the molecule is CCc1ccc([C@H](NC(=O)C[NH+](C)CC(=O)Nc2c(C)cc(C)cc2C)C(C)C)cc1. The van der Waals surface area contributed by atoms with E-state index in [1.54, 1.807) is 0 Å². The Morgan fingerprint density at radius 3 is 2.00 bits per heavy atom. The van der Waals surface area contributed by atoms with Gasteiger partial charge in [0, 0.05) is 5.69 Å². The van der Waals surface area contributed by atoms with Crippen LogP contribution in [0.15, 0.2) is 36.4 Å². The van der Waals surface area contributed by atoms with Gasteiger partial charge in [0.2, 0.25) is 0 Å². The largest absolute Gasteiger partial charge is 0.344 e. The van der Waals surface area contributed by atoms with Gasteiger partial charge in [0.15, 0.2) is 13.1 Å². The molecule has 168 valence electrons. The van der Waals surface area contributed by atoms with E-state index >= 15 is 0 Å². The molecule has 0 bridgehead atoms. The molecule has 2 rings (SSSR count). The Labute approximate surface area is 187 Å². The molecule has 0 aliphatic rings. The van der Waals surface area contributed by atoms with Crippen molar-refractivity contribution in [3.8, 4) is 0 Å². The highest BCUT2D eigenvalue weighted by Gasteiger charge is 2.21. The quantitative estimate of drug-likeness (QED) is 0.579. The predicted octanol–water partition coefficient (Wildman–Crippen LogP) is 3.14. The maximum Gasteiger partial charge on any atom is 0.279 e. The van der Waals surface area contributed by atoms with Gasteiger partial charge in [-0.1, -0.05) is 62.7 Å². The maximum absolute atomic E-state index is 12.7. The average molecular weight is 425 g/mol. The van der Waals surface area contributed by atoms with Crippen molar-refractivity contribution in [2.45, 2.75) is 54.0 Å². The Balaban J connectivity index is 1.93. The molecule has 2 aromatic rings. The summed E-state index contributed by atoms with van der Waals surface area (Å²) in [4.78, 5) is 26.1. The number of hydrogen-bond donors (Lipinski definition) is 3. The maximum atomic E-state index is 12.7. The summed E-state index contributed by atoms with van der Waals surface area (Å²) in [7, 11) is 1.87. The first-order valence-electron chi connectivity index (χ1n) is 11.2. The molecule has 1 unspecified atom stereocenters. The van der Waals surface area contributed by atoms with Crippen LogP contribution in [0.3, 0.4) is 0 Å². The molecule has 0 saturated carbocycles. The van der Waals surface area contributed by atoms with Gasteiger partial charge in [-0.05, 0) is 55.4 Å². The molecule has 0 spiro atoms. The van der Waals surface area contributed by atoms with Crippen molar-refractivity contribution in [1.29, 1.82) is 0 Å². The number of nitrogens with one attached hydrogen (secondary N) is 3. The van der Waals surface area contributed by atoms with Crippen molar-refractivity contribution in [3.05, 3.63) is 64.2 Å². The van der Waals surface area contributed by atoms with Gasteiger partial charge < -0.3 is 15.5 Å². The summed E-state index contributed by atoms with van der Waals surface area (Å²) in [5, 5.41) is 6.17. The molecule has 0 fully saturated rings. The molecule has 0 aliphatic heterocycles. The zero-order chi connectivity index (χ0) is 23.1. The highest BCUT2D eigenvalue weighted by molar-refractivity contribution is 5.93. The van der Waals surface area contributed by atoms with Crippen LogP contribution in [-0.4, -0.2) is 32.0 Å². The molecule has 0 saturated heterocycles. The molecule has 2 amide bonds. The van der Waals surface area contributed by atoms with Crippen LogP contribution in [0.4, 0.5) is 5.69 Å². The fourth-order valence-electron chi connectivity index (χ4n) is 3.99. The molecule has 5 heteroatoms. The molecule has 0 aliphatic carbocycles. The Morgan fingerprint density at radius 1 is 0.935 bits per heavy atom. The third-order valence-electron chi connectivity index (χ3n) is 5.60. The number of carbonyl (C=O) groups excluding carboxylic acids is 2. The molecular formula is C26H38N3O2+. The Bertz CT molecular complexity index is 880. The lowest BCUT2D eigenvalue weighted by Gasteiger charge is -2.24. The fourth-order valence-corrected chi connectivity index (χ4v) is 3.99. The Kier molecular flexibility index (Phi) is 8.81. The van der Waals surface area contributed by atoms with Gasteiger partial charge in [0.1, 0.15) is 0 Å². The first kappa shape index (κ1) is 24.6. The van der Waals surface area contributed by atoms with Crippen LogP contribution < -0.4 is 15.5 Å². The zero-order valence-electron chi connectivity index (χ0n) is 20.1. The number of aryl methyl sites for hydroxylation is 4. The number of benzene rings is 2. The lowest BCUT2D eigenvalue weighted by Crippen LogP contribution is -3.11. The van der Waals surface area contributed by atoms with Gasteiger partial charge in [0.25, 0.3) is 11.8 Å². The number of rotatable bonds is 9. The molecule has 0 aromatic heterocycles. The zero-order valence-corrected chi connectivity index (χ0v) is 20.1. The molecule has 0 radical (unpaired) electrons. The van der Waals surface area contributed by atoms with E-state index in [1.165, 1.54) is 11.1 Å². The molecule has 5 nitrogen and oxygen atoms in total. The highest BCUT2D eigenvalue weighted by atomic mass is 16.2. The first-order valence-corrected chi connectivity index (χ1v) is 11.2. The number of amides is 2. The van der Waals surface area contributed by atoms with Gasteiger partial charge in [0.05, 0.1) is 13.1 Å². The normalized spacial score (nSPS) is 13.0. The fraction of sp³-hybridized carbons (Fsp3) is 0.462. The molecule has 0 heterocycles. The summed E-state index contributed by atoms with van der Waals surface area (Å²) in [5.74, 6) is 0.134. The van der Waals surface area contributed by atoms with Crippen LogP contribution in [0.5, 0.6) is 0 Å². The smallest absolute Gasteiger partial charge is 0.279 e. The van der Waals surface area contributed by atoms with Crippen molar-refractivity contribution in [2.75, 3.05) is 25.5 Å². The summed E-state index contributed by atoms with van der Waals surface area (Å²) in [6, 6.07) is 12.5. The monoisotopic (exact) mass is 424 g/mol. The standard InChI is InChI=1S/C26H37N3O2/c1-8-21-9-11-22(12-10-21)25(17(2)3)27-23(30)15-29(7)16-24(31)28-26-19(5)13-18(4)14-20(26)6/h9-14,17,25H,8,15-16H2,1-7H3,(H,27,30)(H,28,31)/p+1/t25-/m1/s1. The summed E-state index contributed by atoms with van der Waals surface area (Å²) < 4.78 is 0. The summed E-state index contributed by atoms with van der Waals surface area (Å²) >= 11 is 0. The van der Waals surface area contributed by atoms with Gasteiger partial charge in [-0.3, -0.25) is 9.59 Å².